The Morgan fingerprint density at radius 3 is 2.06 bits per heavy atom. The summed E-state index contributed by atoms with van der Waals surface area (Å²) in [4.78, 5) is 25.6. The third-order valence-electron chi connectivity index (χ3n) is 5.92. The van der Waals surface area contributed by atoms with E-state index in [1.807, 2.05) is 48.3 Å². The zero-order chi connectivity index (χ0) is 25.1. The summed E-state index contributed by atoms with van der Waals surface area (Å²) in [5.41, 5.74) is 0.491. The van der Waals surface area contributed by atoms with Gasteiger partial charge in [0.2, 0.25) is 15.9 Å². The second kappa shape index (κ2) is 9.72. The van der Waals surface area contributed by atoms with Gasteiger partial charge in [0.05, 0.1) is 17.0 Å². The van der Waals surface area contributed by atoms with Crippen LogP contribution in [0.25, 0.3) is 0 Å². The number of likely N-dealkylation sites (N-methyl/N-ethyl adjacent to an activating group) is 1. The fourth-order valence-electron chi connectivity index (χ4n) is 4.01. The van der Waals surface area contributed by atoms with E-state index in [9.17, 15) is 26.4 Å². The average molecular weight is 500 g/mol. The molecular formula is C22H24F3N3O5S. The van der Waals surface area contributed by atoms with Crippen molar-refractivity contribution >= 4 is 27.6 Å². The largest absolute Gasteiger partial charge is 0.490 e. The van der Waals surface area contributed by atoms with Gasteiger partial charge in [-0.05, 0) is 37.7 Å². The number of carbonyl (C=O) groups excluding carboxylic acids is 1. The number of hydrogen-bond donors (Lipinski definition) is 1. The van der Waals surface area contributed by atoms with Crippen LogP contribution in [0.4, 0.5) is 18.9 Å². The molecule has 1 amide bonds. The summed E-state index contributed by atoms with van der Waals surface area (Å²) in [5.74, 6) is -2.72. The third-order valence-corrected chi connectivity index (χ3v) is 7.78. The van der Waals surface area contributed by atoms with Gasteiger partial charge >= 0.3 is 12.1 Å². The standard InChI is InChI=1S/C20H23N3O3S.C2HF3O2/c1-21-14-19(24)23(17-8-4-2-5-9-17)16-20(21)12-13-22(15-20)27(25,26)18-10-6-3-7-11-18;3-2(4,5)1(6)7/h2-11H,12-16H2,1H3;(H,6,7). The Morgan fingerprint density at radius 1 is 1.00 bits per heavy atom. The van der Waals surface area contributed by atoms with Crippen molar-refractivity contribution in [3.05, 3.63) is 60.7 Å². The molecule has 2 heterocycles. The smallest absolute Gasteiger partial charge is 0.475 e. The van der Waals surface area contributed by atoms with Crippen molar-refractivity contribution in [2.24, 2.45) is 0 Å². The lowest BCUT2D eigenvalue weighted by molar-refractivity contribution is -0.192. The van der Waals surface area contributed by atoms with Crippen LogP contribution in [0.2, 0.25) is 0 Å². The number of carboxylic acids is 1. The van der Waals surface area contributed by atoms with Gasteiger partial charge in [-0.2, -0.15) is 17.5 Å². The molecule has 0 aliphatic carbocycles. The van der Waals surface area contributed by atoms with E-state index in [4.69, 9.17) is 9.90 Å². The number of hydrogen-bond acceptors (Lipinski definition) is 5. The number of aliphatic carboxylic acids is 1. The van der Waals surface area contributed by atoms with Crippen LogP contribution in [0.3, 0.4) is 0 Å². The van der Waals surface area contributed by atoms with Crippen LogP contribution in [0, 0.1) is 0 Å². The minimum absolute atomic E-state index is 0.0405. The molecule has 0 aromatic heterocycles. The summed E-state index contributed by atoms with van der Waals surface area (Å²) in [5, 5.41) is 7.12. The summed E-state index contributed by atoms with van der Waals surface area (Å²) >= 11 is 0. The van der Waals surface area contributed by atoms with Gasteiger partial charge in [-0.25, -0.2) is 13.2 Å². The Balaban J connectivity index is 0.000000406. The first-order valence-corrected chi connectivity index (χ1v) is 11.7. The summed E-state index contributed by atoms with van der Waals surface area (Å²) in [6.45, 7) is 1.62. The van der Waals surface area contributed by atoms with E-state index < -0.39 is 22.2 Å². The number of para-hydroxylation sites is 1. The highest BCUT2D eigenvalue weighted by atomic mass is 32.2. The second-order valence-corrected chi connectivity index (χ2v) is 10.0. The summed E-state index contributed by atoms with van der Waals surface area (Å²) < 4.78 is 59.3. The van der Waals surface area contributed by atoms with Gasteiger partial charge in [0.25, 0.3) is 0 Å². The molecule has 8 nitrogen and oxygen atoms in total. The number of alkyl halides is 3. The molecule has 0 radical (unpaired) electrons. The van der Waals surface area contributed by atoms with E-state index in [2.05, 4.69) is 0 Å². The lowest BCUT2D eigenvalue weighted by Crippen LogP contribution is -2.64. The van der Waals surface area contributed by atoms with E-state index >= 15 is 0 Å². The van der Waals surface area contributed by atoms with Crippen molar-refractivity contribution < 1.29 is 36.3 Å². The third kappa shape index (κ3) is 5.40. The number of sulfonamides is 1. The summed E-state index contributed by atoms with van der Waals surface area (Å²) in [6, 6.07) is 18.1. The fraction of sp³-hybridized carbons (Fsp3) is 0.364. The van der Waals surface area contributed by atoms with E-state index in [0.29, 0.717) is 31.0 Å². The van der Waals surface area contributed by atoms with Crippen molar-refractivity contribution in [2.45, 2.75) is 23.0 Å². The molecule has 0 bridgehead atoms. The van der Waals surface area contributed by atoms with Crippen LogP contribution in [-0.2, 0) is 19.6 Å². The molecule has 12 heteroatoms. The number of nitrogens with zero attached hydrogens (tertiary/aromatic N) is 3. The van der Waals surface area contributed by atoms with E-state index in [-0.39, 0.29) is 18.0 Å². The highest BCUT2D eigenvalue weighted by Crippen LogP contribution is 2.35. The fourth-order valence-corrected chi connectivity index (χ4v) is 5.55. The molecule has 4 rings (SSSR count). The first kappa shape index (κ1) is 25.7. The zero-order valence-corrected chi connectivity index (χ0v) is 19.1. The predicted molar refractivity (Wildman–Crippen MR) is 118 cm³/mol. The molecule has 1 atom stereocenters. The van der Waals surface area contributed by atoms with Crippen molar-refractivity contribution in [2.75, 3.05) is 38.1 Å². The topological polar surface area (TPSA) is 98.2 Å². The van der Waals surface area contributed by atoms with E-state index in [0.717, 1.165) is 5.69 Å². The Bertz CT molecular complexity index is 1130. The number of halogens is 3. The summed E-state index contributed by atoms with van der Waals surface area (Å²) in [6.07, 6.45) is -4.38. The molecule has 1 N–H and O–H groups in total. The number of carboxylic acid groups (broad SMARTS) is 1. The van der Waals surface area contributed by atoms with Crippen LogP contribution in [-0.4, -0.2) is 79.5 Å². The number of carbonyl (C=O) groups is 2. The number of rotatable bonds is 3. The molecule has 34 heavy (non-hydrogen) atoms. The minimum Gasteiger partial charge on any atom is -0.475 e. The van der Waals surface area contributed by atoms with Crippen molar-refractivity contribution in [1.29, 1.82) is 0 Å². The Morgan fingerprint density at radius 2 is 1.53 bits per heavy atom. The number of benzene rings is 2. The second-order valence-electron chi connectivity index (χ2n) is 8.10. The van der Waals surface area contributed by atoms with Crippen molar-refractivity contribution in [1.82, 2.24) is 9.21 Å². The van der Waals surface area contributed by atoms with Crippen LogP contribution < -0.4 is 4.90 Å². The Kier molecular flexibility index (Phi) is 7.34. The Hall–Kier alpha value is -2.96. The molecular weight excluding hydrogens is 475 g/mol. The quantitative estimate of drug-likeness (QED) is 0.697. The first-order valence-electron chi connectivity index (χ1n) is 10.3. The van der Waals surface area contributed by atoms with Crippen LogP contribution in [0.15, 0.2) is 65.6 Å². The van der Waals surface area contributed by atoms with Gasteiger partial charge in [0.1, 0.15) is 0 Å². The van der Waals surface area contributed by atoms with Gasteiger partial charge in [-0.15, -0.1) is 0 Å². The zero-order valence-electron chi connectivity index (χ0n) is 18.3. The maximum Gasteiger partial charge on any atom is 0.490 e. The monoisotopic (exact) mass is 499 g/mol. The molecule has 0 saturated carbocycles. The van der Waals surface area contributed by atoms with Crippen LogP contribution >= 0.6 is 0 Å². The molecule has 2 aliphatic heterocycles. The molecule has 1 spiro atoms. The molecule has 1 unspecified atom stereocenters. The highest BCUT2D eigenvalue weighted by Gasteiger charge is 2.50. The Labute approximate surface area is 195 Å². The van der Waals surface area contributed by atoms with Crippen LogP contribution in [0.1, 0.15) is 6.42 Å². The van der Waals surface area contributed by atoms with Crippen molar-refractivity contribution in [3.63, 3.8) is 0 Å². The van der Waals surface area contributed by atoms with Gasteiger partial charge in [0, 0.05) is 25.3 Å². The van der Waals surface area contributed by atoms with Gasteiger partial charge in [0.15, 0.2) is 0 Å². The van der Waals surface area contributed by atoms with Gasteiger partial charge < -0.3 is 10.0 Å². The molecule has 2 aliphatic rings. The normalized spacial score (nSPS) is 21.9. The minimum atomic E-state index is -5.08. The highest BCUT2D eigenvalue weighted by molar-refractivity contribution is 7.89. The molecule has 2 aromatic carbocycles. The van der Waals surface area contributed by atoms with Gasteiger partial charge in [-0.1, -0.05) is 36.4 Å². The number of piperazine rings is 1. The molecule has 184 valence electrons. The summed E-state index contributed by atoms with van der Waals surface area (Å²) in [7, 11) is -1.61. The lowest BCUT2D eigenvalue weighted by Gasteiger charge is -2.46. The maximum absolute atomic E-state index is 13.0. The number of amides is 1. The first-order chi connectivity index (χ1) is 15.9. The molecule has 2 fully saturated rings. The number of anilines is 1. The maximum atomic E-state index is 13.0. The lowest BCUT2D eigenvalue weighted by atomic mass is 9.92. The average Bonchev–Trinajstić information content (AvgIpc) is 3.23. The SMILES string of the molecule is CN1CC(=O)N(c2ccccc2)CC12CCN(S(=O)(=O)c1ccccc1)C2.O=C(O)C(F)(F)F. The van der Waals surface area contributed by atoms with E-state index in [1.54, 1.807) is 33.5 Å². The predicted octanol–water partition coefficient (Wildman–Crippen LogP) is 2.43. The van der Waals surface area contributed by atoms with Crippen LogP contribution in [0.5, 0.6) is 0 Å². The van der Waals surface area contributed by atoms with Gasteiger partial charge in [-0.3, -0.25) is 9.69 Å². The molecule has 2 aromatic rings. The van der Waals surface area contributed by atoms with E-state index in [1.165, 1.54) is 0 Å². The molecule has 2 saturated heterocycles. The van der Waals surface area contributed by atoms with Crippen molar-refractivity contribution in [3.8, 4) is 0 Å².